The third-order valence-corrected chi connectivity index (χ3v) is 7.94. The number of aromatic nitrogens is 2. The topological polar surface area (TPSA) is 110 Å². The normalized spacial score (nSPS) is 13.6. The monoisotopic (exact) mass is 644 g/mol. The van der Waals surface area contributed by atoms with Gasteiger partial charge in [0.1, 0.15) is 5.56 Å². The maximum absolute atomic E-state index is 14.6. The van der Waals surface area contributed by atoms with Crippen LogP contribution in [0.25, 0.3) is 0 Å². The highest BCUT2D eigenvalue weighted by atomic mass is 19.1. The molecule has 0 radical (unpaired) electrons. The van der Waals surface area contributed by atoms with E-state index in [9.17, 15) is 9.18 Å². The van der Waals surface area contributed by atoms with E-state index in [2.05, 4.69) is 37.4 Å². The van der Waals surface area contributed by atoms with Crippen molar-refractivity contribution >= 4 is 23.2 Å². The molecular formula is C35H41FN6O5. The second kappa shape index (κ2) is 15.6. The van der Waals surface area contributed by atoms with Crippen LogP contribution < -0.4 is 29.6 Å². The molecule has 0 aliphatic carbocycles. The third kappa shape index (κ3) is 8.46. The quantitative estimate of drug-likeness (QED) is 0.167. The fourth-order valence-corrected chi connectivity index (χ4v) is 5.24. The summed E-state index contributed by atoms with van der Waals surface area (Å²) in [7, 11) is 5.25. The number of rotatable bonds is 13. The molecule has 0 saturated carbocycles. The molecule has 47 heavy (non-hydrogen) atoms. The second-order valence-corrected chi connectivity index (χ2v) is 11.3. The van der Waals surface area contributed by atoms with Gasteiger partial charge in [-0.15, -0.1) is 0 Å². The van der Waals surface area contributed by atoms with E-state index in [-0.39, 0.29) is 23.1 Å². The van der Waals surface area contributed by atoms with Crippen molar-refractivity contribution in [1.29, 1.82) is 0 Å². The minimum Gasteiger partial charge on any atom is -0.493 e. The Hall–Kier alpha value is -4.94. The predicted octanol–water partition coefficient (Wildman–Crippen LogP) is 6.05. The summed E-state index contributed by atoms with van der Waals surface area (Å²) >= 11 is 0. The number of methoxy groups -OCH3 is 2. The van der Waals surface area contributed by atoms with Gasteiger partial charge in [0.15, 0.2) is 23.1 Å². The van der Waals surface area contributed by atoms with Crippen LogP contribution in [0.5, 0.6) is 28.9 Å². The number of hydrogen-bond donors (Lipinski definition) is 2. The standard InChI is InChI=1S/C35H41FN6O5/c1-23-10-8-11-24(2)31(23)39-33(43)26-22-37-35(40-34(26)47-28-13-7-6-12-27(28)36)38-25-20-29(44-4)32(30(21-25)45-5)46-19-9-14-42-17-15-41(3)16-18-42/h6-8,10-13,20-22H,9,14-19H2,1-5H3,(H,39,43)(H,37,38,40). The Morgan fingerprint density at radius 3 is 2.28 bits per heavy atom. The number of piperazine rings is 1. The number of halogens is 1. The number of carbonyl (C=O) groups excluding carboxylic acids is 1. The largest absolute Gasteiger partial charge is 0.493 e. The molecule has 5 rings (SSSR count). The molecule has 2 N–H and O–H groups in total. The van der Waals surface area contributed by atoms with Gasteiger partial charge in [-0.1, -0.05) is 30.3 Å². The summed E-state index contributed by atoms with van der Waals surface area (Å²) in [4.78, 5) is 27.1. The molecule has 12 heteroatoms. The molecule has 0 atom stereocenters. The first-order valence-corrected chi connectivity index (χ1v) is 15.5. The number of aryl methyl sites for hydroxylation is 2. The zero-order valence-corrected chi connectivity index (χ0v) is 27.4. The second-order valence-electron chi connectivity index (χ2n) is 11.3. The SMILES string of the molecule is COc1cc(Nc2ncc(C(=O)Nc3c(C)cccc3C)c(Oc3ccccc3F)n2)cc(OC)c1OCCCN1CCN(C)CC1. The minimum atomic E-state index is -0.602. The summed E-state index contributed by atoms with van der Waals surface area (Å²) < 4.78 is 37.9. The van der Waals surface area contributed by atoms with Crippen molar-refractivity contribution in [2.75, 3.05) is 71.2 Å². The van der Waals surface area contributed by atoms with E-state index in [0.29, 0.717) is 35.2 Å². The number of anilines is 3. The lowest BCUT2D eigenvalue weighted by atomic mass is 10.1. The number of para-hydroxylation sites is 2. The Balaban J connectivity index is 1.36. The van der Waals surface area contributed by atoms with Crippen LogP contribution in [0.2, 0.25) is 0 Å². The molecular weight excluding hydrogens is 603 g/mol. The molecule has 248 valence electrons. The number of ether oxygens (including phenoxy) is 4. The number of likely N-dealkylation sites (N-methyl/N-ethyl adjacent to an activating group) is 1. The number of nitrogens with one attached hydrogen (secondary N) is 2. The van der Waals surface area contributed by atoms with Gasteiger partial charge in [-0.05, 0) is 50.6 Å². The Bertz CT molecular complexity index is 1650. The summed E-state index contributed by atoms with van der Waals surface area (Å²) in [5.74, 6) is 0.184. The van der Waals surface area contributed by atoms with Gasteiger partial charge in [0.2, 0.25) is 17.6 Å². The van der Waals surface area contributed by atoms with Gasteiger partial charge in [-0.2, -0.15) is 4.98 Å². The summed E-state index contributed by atoms with van der Waals surface area (Å²) in [5.41, 5.74) is 3.00. The van der Waals surface area contributed by atoms with Crippen LogP contribution >= 0.6 is 0 Å². The summed E-state index contributed by atoms with van der Waals surface area (Å²) in [6.45, 7) is 9.49. The van der Waals surface area contributed by atoms with Crippen molar-refractivity contribution in [2.24, 2.45) is 0 Å². The fraction of sp³-hybridized carbons (Fsp3) is 0.343. The zero-order valence-electron chi connectivity index (χ0n) is 27.4. The summed E-state index contributed by atoms with van der Waals surface area (Å²) in [6.07, 6.45) is 2.19. The molecule has 1 aliphatic heterocycles. The van der Waals surface area contributed by atoms with Gasteiger partial charge in [0, 0.05) is 62.4 Å². The van der Waals surface area contributed by atoms with Crippen molar-refractivity contribution in [3.63, 3.8) is 0 Å². The summed E-state index contributed by atoms with van der Waals surface area (Å²) in [5, 5.41) is 6.03. The van der Waals surface area contributed by atoms with Gasteiger partial charge in [-0.25, -0.2) is 9.37 Å². The number of benzene rings is 3. The smallest absolute Gasteiger partial charge is 0.262 e. The maximum atomic E-state index is 14.6. The van der Waals surface area contributed by atoms with Gasteiger partial charge < -0.3 is 39.4 Å². The number of hydrogen-bond acceptors (Lipinski definition) is 10. The van der Waals surface area contributed by atoms with E-state index in [0.717, 1.165) is 50.3 Å². The van der Waals surface area contributed by atoms with E-state index >= 15 is 0 Å². The lowest BCUT2D eigenvalue weighted by Crippen LogP contribution is -2.44. The minimum absolute atomic E-state index is 0.0249. The number of carbonyl (C=O) groups is 1. The first-order chi connectivity index (χ1) is 22.7. The lowest BCUT2D eigenvalue weighted by molar-refractivity contribution is 0.102. The number of nitrogens with zero attached hydrogens (tertiary/aromatic N) is 4. The van der Waals surface area contributed by atoms with Crippen LogP contribution in [-0.2, 0) is 0 Å². The Morgan fingerprint density at radius 1 is 0.936 bits per heavy atom. The van der Waals surface area contributed by atoms with E-state index in [1.807, 2.05) is 32.0 Å². The fourth-order valence-electron chi connectivity index (χ4n) is 5.24. The third-order valence-electron chi connectivity index (χ3n) is 7.94. The predicted molar refractivity (Wildman–Crippen MR) is 179 cm³/mol. The van der Waals surface area contributed by atoms with Crippen LogP contribution in [0.15, 0.2) is 60.8 Å². The number of amides is 1. The molecule has 1 aromatic heterocycles. The molecule has 4 aromatic rings. The van der Waals surface area contributed by atoms with Crippen LogP contribution in [0.4, 0.5) is 21.7 Å². The van der Waals surface area contributed by atoms with E-state index in [1.54, 1.807) is 38.5 Å². The van der Waals surface area contributed by atoms with Crippen LogP contribution in [0.3, 0.4) is 0 Å². The van der Waals surface area contributed by atoms with Crippen molar-refractivity contribution in [3.05, 3.63) is 83.3 Å². The Labute approximate surface area is 274 Å². The molecule has 0 bridgehead atoms. The van der Waals surface area contributed by atoms with Crippen molar-refractivity contribution < 1.29 is 28.1 Å². The van der Waals surface area contributed by atoms with Gasteiger partial charge in [-0.3, -0.25) is 4.79 Å². The molecule has 2 heterocycles. The highest BCUT2D eigenvalue weighted by molar-refractivity contribution is 6.06. The van der Waals surface area contributed by atoms with E-state index < -0.39 is 11.7 Å². The van der Waals surface area contributed by atoms with Crippen molar-refractivity contribution in [1.82, 2.24) is 19.8 Å². The van der Waals surface area contributed by atoms with E-state index in [1.165, 1.54) is 18.3 Å². The Morgan fingerprint density at radius 2 is 1.62 bits per heavy atom. The van der Waals surface area contributed by atoms with Gasteiger partial charge in [0.05, 0.1) is 20.8 Å². The average Bonchev–Trinajstić information content (AvgIpc) is 3.07. The first-order valence-electron chi connectivity index (χ1n) is 15.5. The summed E-state index contributed by atoms with van der Waals surface area (Å²) in [6, 6.07) is 15.1. The molecule has 0 unspecified atom stereocenters. The molecule has 11 nitrogen and oxygen atoms in total. The molecule has 0 spiro atoms. The lowest BCUT2D eigenvalue weighted by Gasteiger charge is -2.32. The zero-order chi connectivity index (χ0) is 33.3. The highest BCUT2D eigenvalue weighted by Crippen LogP contribution is 2.41. The van der Waals surface area contributed by atoms with Gasteiger partial charge in [0.25, 0.3) is 5.91 Å². The first kappa shape index (κ1) is 33.4. The maximum Gasteiger partial charge on any atom is 0.262 e. The average molecular weight is 645 g/mol. The molecule has 3 aromatic carbocycles. The van der Waals surface area contributed by atoms with Crippen LogP contribution in [0, 0.1) is 19.7 Å². The van der Waals surface area contributed by atoms with Gasteiger partial charge >= 0.3 is 0 Å². The molecule has 1 amide bonds. The van der Waals surface area contributed by atoms with Crippen LogP contribution in [0.1, 0.15) is 27.9 Å². The Kier molecular flexibility index (Phi) is 11.1. The molecule has 1 fully saturated rings. The van der Waals surface area contributed by atoms with Crippen LogP contribution in [-0.4, -0.2) is 86.3 Å². The van der Waals surface area contributed by atoms with Crippen molar-refractivity contribution in [3.8, 4) is 28.9 Å². The van der Waals surface area contributed by atoms with Crippen molar-refractivity contribution in [2.45, 2.75) is 20.3 Å². The molecule has 1 saturated heterocycles. The van der Waals surface area contributed by atoms with E-state index in [4.69, 9.17) is 18.9 Å². The highest BCUT2D eigenvalue weighted by Gasteiger charge is 2.21. The molecule has 1 aliphatic rings.